The monoisotopic (exact) mass is 502 g/mol. The molecular formula is C20H28BrFN4O3S. The number of alkyl carbamates (subject to hydrolysis) is 1. The largest absolute Gasteiger partial charge is 0.444 e. The van der Waals surface area contributed by atoms with E-state index in [2.05, 4.69) is 30.6 Å². The first-order chi connectivity index (χ1) is 13.7. The van der Waals surface area contributed by atoms with Gasteiger partial charge in [0.25, 0.3) is 0 Å². The molecule has 0 aliphatic carbocycles. The van der Waals surface area contributed by atoms with Crippen molar-refractivity contribution in [3.63, 3.8) is 0 Å². The third kappa shape index (κ3) is 3.88. The number of pyridine rings is 1. The molecule has 2 aliphatic rings. The van der Waals surface area contributed by atoms with Gasteiger partial charge in [-0.15, -0.1) is 0 Å². The number of amides is 1. The van der Waals surface area contributed by atoms with Crippen LogP contribution >= 0.6 is 15.9 Å². The van der Waals surface area contributed by atoms with Crippen molar-refractivity contribution in [2.75, 3.05) is 6.54 Å². The highest BCUT2D eigenvalue weighted by molar-refractivity contribution is 9.10. The van der Waals surface area contributed by atoms with E-state index in [4.69, 9.17) is 9.73 Å². The number of fused-ring (bicyclic) bond motifs is 1. The molecule has 0 fully saturated rings. The predicted octanol–water partition coefficient (Wildman–Crippen LogP) is 4.54. The van der Waals surface area contributed by atoms with Crippen molar-refractivity contribution in [1.29, 1.82) is 0 Å². The summed E-state index contributed by atoms with van der Waals surface area (Å²) in [6, 6.07) is 2.80. The van der Waals surface area contributed by atoms with Crippen LogP contribution < -0.4 is 5.32 Å². The van der Waals surface area contributed by atoms with Crippen LogP contribution in [-0.4, -0.2) is 43.3 Å². The van der Waals surface area contributed by atoms with Crippen molar-refractivity contribution in [1.82, 2.24) is 10.3 Å². The van der Waals surface area contributed by atoms with Crippen LogP contribution in [0.4, 0.5) is 9.18 Å². The van der Waals surface area contributed by atoms with E-state index >= 15 is 0 Å². The molecule has 0 bridgehead atoms. The minimum absolute atomic E-state index is 0.0747. The van der Waals surface area contributed by atoms with Gasteiger partial charge in [0.05, 0.1) is 15.0 Å². The van der Waals surface area contributed by atoms with Gasteiger partial charge in [-0.3, -0.25) is 10.3 Å². The number of carbonyl (C=O) groups excluding carboxylic acids is 1. The molecule has 0 saturated heterocycles. The molecule has 2 aliphatic heterocycles. The summed E-state index contributed by atoms with van der Waals surface area (Å²) in [6.07, 6.45) is 0.587. The minimum atomic E-state index is -2.93. The summed E-state index contributed by atoms with van der Waals surface area (Å²) in [6.45, 7) is 10.9. The normalized spacial score (nSPS) is 30.5. The lowest BCUT2D eigenvalue weighted by molar-refractivity contribution is 0.0560. The van der Waals surface area contributed by atoms with E-state index in [1.165, 1.54) is 12.1 Å². The van der Waals surface area contributed by atoms with Gasteiger partial charge in [-0.25, -0.2) is 22.7 Å². The van der Waals surface area contributed by atoms with E-state index in [0.29, 0.717) is 17.6 Å². The van der Waals surface area contributed by atoms with Gasteiger partial charge in [-0.05, 0) is 82.4 Å². The van der Waals surface area contributed by atoms with Gasteiger partial charge in [0.1, 0.15) is 37.8 Å². The number of aliphatic imine (C=N–C) groups is 1. The molecule has 0 radical (unpaired) electrons. The molecule has 0 saturated carbocycles. The zero-order valence-electron chi connectivity index (χ0n) is 18.1. The Hall–Kier alpha value is -1.55. The van der Waals surface area contributed by atoms with Crippen molar-refractivity contribution in [3.05, 3.63) is 28.2 Å². The van der Waals surface area contributed by atoms with Crippen LogP contribution in [0.5, 0.6) is 0 Å². The van der Waals surface area contributed by atoms with Crippen LogP contribution in [0.1, 0.15) is 60.1 Å². The number of nitrogens with zero attached hydrogens (tertiary/aromatic N) is 3. The molecule has 1 N–H and O–H groups in total. The topological polar surface area (TPSA) is 93.0 Å². The fourth-order valence-electron chi connectivity index (χ4n) is 3.97. The van der Waals surface area contributed by atoms with Gasteiger partial charge in [-0.2, -0.15) is 0 Å². The highest BCUT2D eigenvalue weighted by atomic mass is 79.9. The maximum atomic E-state index is 14.9. The lowest BCUT2D eigenvalue weighted by Gasteiger charge is -2.48. The maximum Gasteiger partial charge on any atom is 0.413 e. The second kappa shape index (κ2) is 7.55. The van der Waals surface area contributed by atoms with E-state index in [9.17, 15) is 13.4 Å². The summed E-state index contributed by atoms with van der Waals surface area (Å²) in [7, 11) is -2.93. The molecule has 1 aromatic rings. The van der Waals surface area contributed by atoms with Crippen molar-refractivity contribution >= 4 is 37.6 Å². The van der Waals surface area contributed by atoms with Crippen molar-refractivity contribution in [2.24, 2.45) is 9.36 Å². The number of halogens is 2. The lowest BCUT2D eigenvalue weighted by atomic mass is 9.89. The number of hydrogen-bond donors (Lipinski definition) is 1. The van der Waals surface area contributed by atoms with E-state index in [0.717, 1.165) is 6.42 Å². The third-order valence-corrected chi connectivity index (χ3v) is 9.61. The summed E-state index contributed by atoms with van der Waals surface area (Å²) in [5.74, 6) is -0.388. The molecular weight excluding hydrogens is 475 g/mol. The predicted molar refractivity (Wildman–Crippen MR) is 119 cm³/mol. The van der Waals surface area contributed by atoms with Crippen LogP contribution in [0.3, 0.4) is 0 Å². The second-order valence-corrected chi connectivity index (χ2v) is 13.1. The first-order valence-electron chi connectivity index (χ1n) is 9.85. The molecule has 166 valence electrons. The zero-order valence-corrected chi connectivity index (χ0v) is 20.5. The molecule has 3 rings (SSSR count). The number of hydrogen-bond acceptors (Lipinski definition) is 6. The SMILES string of the molecule is CC(C)(C)OC(=O)NC1=N[C@](C)(c2nc(Br)ccc2F)[C@H]2CCCN=[S@]2(=O)C1(C)C. The van der Waals surface area contributed by atoms with Crippen molar-refractivity contribution < 1.29 is 18.1 Å². The number of ether oxygens (including phenoxy) is 1. The van der Waals surface area contributed by atoms with Crippen LogP contribution in [-0.2, 0) is 20.0 Å². The molecule has 3 atom stereocenters. The Morgan fingerprint density at radius 1 is 1.33 bits per heavy atom. The van der Waals surface area contributed by atoms with Crippen LogP contribution in [0, 0.1) is 5.82 Å². The summed E-state index contributed by atoms with van der Waals surface area (Å²) in [5.41, 5.74) is -1.91. The Morgan fingerprint density at radius 2 is 2.00 bits per heavy atom. The molecule has 30 heavy (non-hydrogen) atoms. The Kier molecular flexibility index (Phi) is 5.81. The van der Waals surface area contributed by atoms with Gasteiger partial charge < -0.3 is 4.74 Å². The third-order valence-electron chi connectivity index (χ3n) is 5.48. The molecule has 1 amide bonds. The molecule has 0 aromatic carbocycles. The quantitative estimate of drug-likeness (QED) is 0.570. The Labute approximate surface area is 185 Å². The first-order valence-corrected chi connectivity index (χ1v) is 12.2. The molecule has 0 unspecified atom stereocenters. The van der Waals surface area contributed by atoms with Gasteiger partial charge in [0.15, 0.2) is 0 Å². The van der Waals surface area contributed by atoms with Crippen molar-refractivity contribution in [2.45, 2.75) is 75.5 Å². The van der Waals surface area contributed by atoms with Crippen LogP contribution in [0.25, 0.3) is 0 Å². The van der Waals surface area contributed by atoms with E-state index < -0.39 is 42.8 Å². The fourth-order valence-corrected chi connectivity index (χ4v) is 7.54. The van der Waals surface area contributed by atoms with Gasteiger partial charge in [0.2, 0.25) is 0 Å². The second-order valence-electron chi connectivity index (χ2n) is 9.26. The Morgan fingerprint density at radius 3 is 2.63 bits per heavy atom. The van der Waals surface area contributed by atoms with Gasteiger partial charge >= 0.3 is 6.09 Å². The molecule has 3 heterocycles. The van der Waals surface area contributed by atoms with Gasteiger partial charge in [-0.1, -0.05) is 0 Å². The summed E-state index contributed by atoms with van der Waals surface area (Å²) in [4.78, 5) is 21.6. The molecule has 10 heteroatoms. The number of carbonyl (C=O) groups is 1. The first kappa shape index (κ1) is 23.1. The summed E-state index contributed by atoms with van der Waals surface area (Å²) < 4.78 is 38.5. The summed E-state index contributed by atoms with van der Waals surface area (Å²) >= 11 is 3.29. The standard InChI is InChI=1S/C20H28BrFN4O3S/c1-18(2,3)29-17(27)25-16-19(4,5)30(28)13(8-7-11-23-30)20(6,26-16)15-12(22)9-10-14(21)24-15/h9-10,13H,7-8,11H2,1-6H3,(H,25,26,27)/t13-,20+,30-/m1/s1. The molecule has 7 nitrogen and oxygen atoms in total. The average molecular weight is 503 g/mol. The minimum Gasteiger partial charge on any atom is -0.444 e. The number of rotatable bonds is 1. The highest BCUT2D eigenvalue weighted by Crippen LogP contribution is 2.47. The number of amidine groups is 1. The van der Waals surface area contributed by atoms with E-state index in [-0.39, 0.29) is 11.5 Å². The van der Waals surface area contributed by atoms with Gasteiger partial charge in [0, 0.05) is 6.54 Å². The average Bonchev–Trinajstić information content (AvgIpc) is 2.60. The van der Waals surface area contributed by atoms with E-state index in [1.807, 2.05) is 0 Å². The highest BCUT2D eigenvalue weighted by Gasteiger charge is 2.57. The Balaban J connectivity index is 2.22. The van der Waals surface area contributed by atoms with Crippen LogP contribution in [0.2, 0.25) is 0 Å². The fraction of sp³-hybridized carbons (Fsp3) is 0.650. The number of aromatic nitrogens is 1. The lowest BCUT2D eigenvalue weighted by Crippen LogP contribution is -2.62. The number of nitrogens with one attached hydrogen (secondary N) is 1. The summed E-state index contributed by atoms with van der Waals surface area (Å²) in [5, 5.41) is 2.12. The van der Waals surface area contributed by atoms with Crippen molar-refractivity contribution in [3.8, 4) is 0 Å². The molecule has 1 aromatic heterocycles. The van der Waals surface area contributed by atoms with Crippen LogP contribution in [0.15, 0.2) is 26.1 Å². The smallest absolute Gasteiger partial charge is 0.413 e. The zero-order chi connectivity index (χ0) is 22.5. The molecule has 0 spiro atoms. The van der Waals surface area contributed by atoms with E-state index in [1.54, 1.807) is 41.5 Å². The Bertz CT molecular complexity index is 1030. The maximum absolute atomic E-state index is 14.9.